The molecule has 0 radical (unpaired) electrons. The van der Waals surface area contributed by atoms with E-state index in [1.165, 1.54) is 5.56 Å². The monoisotopic (exact) mass is 425 g/mol. The number of aryl methyl sites for hydroxylation is 1. The molecular formula is C25H35N3O3. The SMILES string of the molecule is Cc1cccc(OCCCCC(=O)N(CCCN2CCOCC2)Cc2ccncc2)c1. The Morgan fingerprint density at radius 2 is 1.94 bits per heavy atom. The van der Waals surface area contributed by atoms with Crippen LogP contribution in [-0.2, 0) is 16.1 Å². The lowest BCUT2D eigenvalue weighted by atomic mass is 10.2. The van der Waals surface area contributed by atoms with Crippen molar-refractivity contribution in [2.24, 2.45) is 0 Å². The molecular weight excluding hydrogens is 390 g/mol. The zero-order valence-electron chi connectivity index (χ0n) is 18.7. The Balaban J connectivity index is 1.42. The second-order valence-corrected chi connectivity index (χ2v) is 8.10. The van der Waals surface area contributed by atoms with Crippen LogP contribution < -0.4 is 4.74 Å². The molecule has 6 nitrogen and oxygen atoms in total. The molecule has 0 N–H and O–H groups in total. The van der Waals surface area contributed by atoms with Gasteiger partial charge < -0.3 is 14.4 Å². The van der Waals surface area contributed by atoms with Crippen LogP contribution in [0.15, 0.2) is 48.8 Å². The molecule has 6 heteroatoms. The lowest BCUT2D eigenvalue weighted by Crippen LogP contribution is -2.39. The second kappa shape index (κ2) is 13.1. The van der Waals surface area contributed by atoms with Gasteiger partial charge in [0.1, 0.15) is 5.75 Å². The Morgan fingerprint density at radius 3 is 2.71 bits per heavy atom. The first-order valence-electron chi connectivity index (χ1n) is 11.4. The number of ether oxygens (including phenoxy) is 2. The average molecular weight is 426 g/mol. The predicted octanol–water partition coefficient (Wildman–Crippen LogP) is 3.69. The summed E-state index contributed by atoms with van der Waals surface area (Å²) in [6.45, 7) is 8.71. The fourth-order valence-electron chi connectivity index (χ4n) is 3.74. The standard InChI is InChI=1S/C25H35N3O3/c1-22-6-4-7-24(20-22)31-17-3-2-8-25(29)28(21-23-9-11-26-12-10-23)14-5-13-27-15-18-30-19-16-27/h4,6-7,9-12,20H,2-3,5,8,13-19,21H2,1H3. The van der Waals surface area contributed by atoms with E-state index in [0.29, 0.717) is 19.6 Å². The lowest BCUT2D eigenvalue weighted by Gasteiger charge is -2.28. The van der Waals surface area contributed by atoms with Gasteiger partial charge >= 0.3 is 0 Å². The molecule has 31 heavy (non-hydrogen) atoms. The van der Waals surface area contributed by atoms with Crippen molar-refractivity contribution in [3.63, 3.8) is 0 Å². The minimum Gasteiger partial charge on any atom is -0.494 e. The fraction of sp³-hybridized carbons (Fsp3) is 0.520. The third kappa shape index (κ3) is 8.67. The normalized spacial score (nSPS) is 14.4. The van der Waals surface area contributed by atoms with Gasteiger partial charge in [-0.15, -0.1) is 0 Å². The molecule has 0 atom stereocenters. The van der Waals surface area contributed by atoms with Crippen molar-refractivity contribution in [2.75, 3.05) is 46.0 Å². The van der Waals surface area contributed by atoms with E-state index in [0.717, 1.165) is 70.0 Å². The van der Waals surface area contributed by atoms with E-state index in [2.05, 4.69) is 22.9 Å². The summed E-state index contributed by atoms with van der Waals surface area (Å²) in [6, 6.07) is 12.0. The molecule has 168 valence electrons. The van der Waals surface area contributed by atoms with Crippen molar-refractivity contribution >= 4 is 5.91 Å². The van der Waals surface area contributed by atoms with Crippen LogP contribution in [0.4, 0.5) is 0 Å². The van der Waals surface area contributed by atoms with Gasteiger partial charge in [0.25, 0.3) is 0 Å². The molecule has 1 fully saturated rings. The van der Waals surface area contributed by atoms with E-state index in [-0.39, 0.29) is 5.91 Å². The topological polar surface area (TPSA) is 54.9 Å². The first-order chi connectivity index (χ1) is 15.2. The molecule has 2 aromatic rings. The van der Waals surface area contributed by atoms with Crippen LogP contribution in [0.5, 0.6) is 5.75 Å². The van der Waals surface area contributed by atoms with Gasteiger partial charge in [-0.3, -0.25) is 14.7 Å². The third-order valence-electron chi connectivity index (χ3n) is 5.52. The van der Waals surface area contributed by atoms with Gasteiger partial charge in [-0.05, 0) is 61.6 Å². The molecule has 0 spiro atoms. The molecule has 1 aliphatic heterocycles. The molecule has 2 heterocycles. The van der Waals surface area contributed by atoms with Crippen LogP contribution in [0.1, 0.15) is 36.8 Å². The number of pyridine rings is 1. The molecule has 1 amide bonds. The Morgan fingerprint density at radius 1 is 1.13 bits per heavy atom. The number of carbonyl (C=O) groups excluding carboxylic acids is 1. The molecule has 0 saturated carbocycles. The summed E-state index contributed by atoms with van der Waals surface area (Å²) < 4.78 is 11.2. The number of benzene rings is 1. The van der Waals surface area contributed by atoms with Crippen molar-refractivity contribution in [3.8, 4) is 5.75 Å². The number of amides is 1. The molecule has 0 bridgehead atoms. The highest BCUT2D eigenvalue weighted by Gasteiger charge is 2.15. The first-order valence-corrected chi connectivity index (χ1v) is 11.4. The zero-order chi connectivity index (χ0) is 21.7. The van der Waals surface area contributed by atoms with Gasteiger partial charge in [0.05, 0.1) is 19.8 Å². The number of hydrogen-bond acceptors (Lipinski definition) is 5. The van der Waals surface area contributed by atoms with Crippen LogP contribution in [0.2, 0.25) is 0 Å². The highest BCUT2D eigenvalue weighted by Crippen LogP contribution is 2.14. The van der Waals surface area contributed by atoms with E-state index in [1.54, 1.807) is 12.4 Å². The number of carbonyl (C=O) groups is 1. The minimum atomic E-state index is 0.217. The largest absolute Gasteiger partial charge is 0.494 e. The highest BCUT2D eigenvalue weighted by atomic mass is 16.5. The van der Waals surface area contributed by atoms with Crippen molar-refractivity contribution in [1.29, 1.82) is 0 Å². The first kappa shape index (κ1) is 23.2. The van der Waals surface area contributed by atoms with Gasteiger partial charge in [0.2, 0.25) is 5.91 Å². The third-order valence-corrected chi connectivity index (χ3v) is 5.52. The maximum absolute atomic E-state index is 12.9. The summed E-state index contributed by atoms with van der Waals surface area (Å²) in [6.07, 6.45) is 6.81. The molecule has 1 aromatic carbocycles. The van der Waals surface area contributed by atoms with Crippen LogP contribution in [0, 0.1) is 6.92 Å². The van der Waals surface area contributed by atoms with Crippen molar-refractivity contribution in [2.45, 2.75) is 39.2 Å². The summed E-state index contributed by atoms with van der Waals surface area (Å²) in [7, 11) is 0. The Kier molecular flexibility index (Phi) is 9.80. The molecule has 1 aromatic heterocycles. The maximum atomic E-state index is 12.9. The van der Waals surface area contributed by atoms with Crippen molar-refractivity contribution in [3.05, 3.63) is 59.9 Å². The highest BCUT2D eigenvalue weighted by molar-refractivity contribution is 5.76. The smallest absolute Gasteiger partial charge is 0.222 e. The van der Waals surface area contributed by atoms with Crippen LogP contribution in [-0.4, -0.2) is 66.7 Å². The van der Waals surface area contributed by atoms with E-state index in [1.807, 2.05) is 35.2 Å². The zero-order valence-corrected chi connectivity index (χ0v) is 18.7. The molecule has 3 rings (SSSR count). The Labute approximate surface area is 186 Å². The Hall–Kier alpha value is -2.44. The number of unbranched alkanes of at least 4 members (excludes halogenated alkanes) is 1. The van der Waals surface area contributed by atoms with E-state index >= 15 is 0 Å². The lowest BCUT2D eigenvalue weighted by molar-refractivity contribution is -0.132. The summed E-state index contributed by atoms with van der Waals surface area (Å²) >= 11 is 0. The molecule has 0 unspecified atom stereocenters. The molecule has 1 aliphatic rings. The maximum Gasteiger partial charge on any atom is 0.222 e. The Bertz CT molecular complexity index is 779. The molecule has 1 saturated heterocycles. The summed E-state index contributed by atoms with van der Waals surface area (Å²) in [5.74, 6) is 1.11. The van der Waals surface area contributed by atoms with Gasteiger partial charge in [0.15, 0.2) is 0 Å². The minimum absolute atomic E-state index is 0.217. The summed E-state index contributed by atoms with van der Waals surface area (Å²) in [5.41, 5.74) is 2.31. The van der Waals surface area contributed by atoms with E-state index in [4.69, 9.17) is 9.47 Å². The second-order valence-electron chi connectivity index (χ2n) is 8.10. The average Bonchev–Trinajstić information content (AvgIpc) is 2.79. The summed E-state index contributed by atoms with van der Waals surface area (Å²) in [5, 5.41) is 0. The number of aromatic nitrogens is 1. The molecule has 0 aliphatic carbocycles. The summed E-state index contributed by atoms with van der Waals surface area (Å²) in [4.78, 5) is 21.4. The van der Waals surface area contributed by atoms with Gasteiger partial charge in [-0.1, -0.05) is 12.1 Å². The van der Waals surface area contributed by atoms with Gasteiger partial charge in [-0.2, -0.15) is 0 Å². The van der Waals surface area contributed by atoms with E-state index in [9.17, 15) is 4.79 Å². The van der Waals surface area contributed by atoms with Crippen LogP contribution in [0.25, 0.3) is 0 Å². The van der Waals surface area contributed by atoms with Crippen molar-refractivity contribution < 1.29 is 14.3 Å². The van der Waals surface area contributed by atoms with Crippen LogP contribution in [0.3, 0.4) is 0 Å². The quantitative estimate of drug-likeness (QED) is 0.486. The van der Waals surface area contributed by atoms with E-state index < -0.39 is 0 Å². The number of morpholine rings is 1. The number of nitrogens with zero attached hydrogens (tertiary/aromatic N) is 3. The number of rotatable bonds is 12. The fourth-order valence-corrected chi connectivity index (χ4v) is 3.74. The van der Waals surface area contributed by atoms with Gasteiger partial charge in [0, 0.05) is 51.5 Å². The van der Waals surface area contributed by atoms with Crippen molar-refractivity contribution in [1.82, 2.24) is 14.8 Å². The predicted molar refractivity (Wildman–Crippen MR) is 122 cm³/mol. The van der Waals surface area contributed by atoms with Crippen LogP contribution >= 0.6 is 0 Å². The number of hydrogen-bond donors (Lipinski definition) is 0. The van der Waals surface area contributed by atoms with Gasteiger partial charge in [-0.25, -0.2) is 0 Å².